The van der Waals surface area contributed by atoms with Crippen molar-refractivity contribution >= 4 is 47.2 Å². The number of nitrogens with zero attached hydrogens (tertiary/aromatic N) is 2. The van der Waals surface area contributed by atoms with Gasteiger partial charge in [-0.3, -0.25) is 0 Å². The molecule has 1 aromatic heterocycles. The highest BCUT2D eigenvalue weighted by atomic mass is 35.5. The van der Waals surface area contributed by atoms with Gasteiger partial charge in [0.25, 0.3) is 0 Å². The normalized spacial score (nSPS) is 11.8. The van der Waals surface area contributed by atoms with Gasteiger partial charge in [-0.05, 0) is 43.7 Å². The summed E-state index contributed by atoms with van der Waals surface area (Å²) in [6.45, 7) is 3.29. The van der Waals surface area contributed by atoms with Gasteiger partial charge in [-0.15, -0.1) is 0 Å². The second-order valence-corrected chi connectivity index (χ2v) is 10.5. The molecule has 0 atom stereocenters. The zero-order valence-corrected chi connectivity index (χ0v) is 18.4. The zero-order chi connectivity index (χ0) is 22.8. The van der Waals surface area contributed by atoms with Crippen molar-refractivity contribution in [2.45, 2.75) is 6.18 Å². The van der Waals surface area contributed by atoms with Gasteiger partial charge in [0.2, 0.25) is 5.95 Å². The van der Waals surface area contributed by atoms with Crippen LogP contribution in [0.15, 0.2) is 48.7 Å². The van der Waals surface area contributed by atoms with E-state index in [-0.39, 0.29) is 28.2 Å². The van der Waals surface area contributed by atoms with E-state index in [9.17, 15) is 17.7 Å². The Kier molecular flexibility index (Phi) is 6.48. The molecule has 0 saturated heterocycles. The minimum Gasteiger partial charge on any atom is -0.496 e. The van der Waals surface area contributed by atoms with E-state index in [0.29, 0.717) is 11.0 Å². The quantitative estimate of drug-likeness (QED) is 0.437. The van der Waals surface area contributed by atoms with Crippen molar-refractivity contribution in [1.82, 2.24) is 9.97 Å². The molecule has 0 amide bonds. The van der Waals surface area contributed by atoms with Gasteiger partial charge in [0.15, 0.2) is 5.82 Å². The first-order valence-electron chi connectivity index (χ1n) is 8.95. The number of nitrogens with one attached hydrogen (secondary N) is 2. The minimum absolute atomic E-state index is 0.0267. The Morgan fingerprint density at radius 1 is 1.10 bits per heavy atom. The Morgan fingerprint density at radius 3 is 2.45 bits per heavy atom. The molecule has 0 aliphatic heterocycles. The van der Waals surface area contributed by atoms with Crippen LogP contribution in [0.3, 0.4) is 0 Å². The summed E-state index contributed by atoms with van der Waals surface area (Å²) in [6, 6.07) is 10.6. The van der Waals surface area contributed by atoms with Gasteiger partial charge in [-0.25, -0.2) is 4.98 Å². The maximum atomic E-state index is 13.3. The molecule has 0 bridgehead atoms. The second-order valence-electron chi connectivity index (χ2n) is 6.92. The molecule has 3 rings (SSSR count). The number of hydrogen-bond acceptors (Lipinski definition) is 6. The first-order chi connectivity index (χ1) is 14.5. The summed E-state index contributed by atoms with van der Waals surface area (Å²) in [4.78, 5) is 8.27. The molecule has 11 heteroatoms. The average molecular weight is 471 g/mol. The lowest BCUT2D eigenvalue weighted by Crippen LogP contribution is -2.11. The number of benzene rings is 2. The summed E-state index contributed by atoms with van der Waals surface area (Å²) < 4.78 is 57.1. The Morgan fingerprint density at radius 2 is 1.81 bits per heavy atom. The first kappa shape index (κ1) is 22.9. The maximum absolute atomic E-state index is 13.3. The summed E-state index contributed by atoms with van der Waals surface area (Å²) in [5, 5.41) is 6.57. The first-order valence-corrected chi connectivity index (χ1v) is 11.9. The Bertz CT molecular complexity index is 1150. The van der Waals surface area contributed by atoms with Crippen LogP contribution in [-0.4, -0.2) is 30.4 Å². The molecule has 0 unspecified atom stereocenters. The summed E-state index contributed by atoms with van der Waals surface area (Å²) in [6.07, 6.45) is -3.28. The van der Waals surface area contributed by atoms with E-state index < -0.39 is 18.9 Å². The highest BCUT2D eigenvalue weighted by molar-refractivity contribution is 7.70. The van der Waals surface area contributed by atoms with Crippen LogP contribution < -0.4 is 20.7 Å². The number of para-hydroxylation sites is 1. The molecule has 0 aliphatic carbocycles. The van der Waals surface area contributed by atoms with Crippen LogP contribution in [0.1, 0.15) is 5.56 Å². The van der Waals surface area contributed by atoms with E-state index in [1.165, 1.54) is 25.4 Å². The molecular formula is C20H19ClF3N4O2P. The lowest BCUT2D eigenvalue weighted by atomic mass is 10.1. The van der Waals surface area contributed by atoms with Crippen molar-refractivity contribution in [3.8, 4) is 5.75 Å². The number of rotatable bonds is 6. The molecule has 6 nitrogen and oxygen atoms in total. The van der Waals surface area contributed by atoms with Crippen LogP contribution in [0.5, 0.6) is 5.75 Å². The van der Waals surface area contributed by atoms with E-state index in [4.69, 9.17) is 16.3 Å². The van der Waals surface area contributed by atoms with E-state index in [0.717, 1.165) is 6.07 Å². The van der Waals surface area contributed by atoms with E-state index >= 15 is 0 Å². The topological polar surface area (TPSA) is 76.1 Å². The minimum atomic E-state index is -4.59. The molecule has 0 spiro atoms. The SMILES string of the molecule is COc1ccc(Nc2ncc(Cl)c(Nc3ccccc3P(C)(C)=O)n2)cc1C(F)(F)F. The van der Waals surface area contributed by atoms with Gasteiger partial charge >= 0.3 is 6.18 Å². The zero-order valence-electron chi connectivity index (χ0n) is 16.8. The largest absolute Gasteiger partial charge is 0.496 e. The second kappa shape index (κ2) is 8.77. The molecule has 2 N–H and O–H groups in total. The highest BCUT2D eigenvalue weighted by Gasteiger charge is 2.34. The fraction of sp³-hybridized carbons (Fsp3) is 0.200. The lowest BCUT2D eigenvalue weighted by Gasteiger charge is -2.16. The molecule has 0 saturated carbocycles. The molecule has 3 aromatic rings. The third-order valence-corrected chi connectivity index (χ3v) is 6.07. The monoisotopic (exact) mass is 470 g/mol. The van der Waals surface area contributed by atoms with Crippen molar-refractivity contribution < 1.29 is 22.5 Å². The fourth-order valence-corrected chi connectivity index (χ4v) is 4.12. The van der Waals surface area contributed by atoms with Gasteiger partial charge in [0, 0.05) is 11.0 Å². The molecule has 164 valence electrons. The summed E-state index contributed by atoms with van der Waals surface area (Å²) >= 11 is 6.19. The predicted octanol–water partition coefficient (Wildman–Crippen LogP) is 5.89. The number of aromatic nitrogens is 2. The van der Waals surface area contributed by atoms with E-state index in [1.54, 1.807) is 37.6 Å². The van der Waals surface area contributed by atoms with Gasteiger partial charge in [-0.1, -0.05) is 23.7 Å². The molecule has 0 radical (unpaired) electrons. The smallest absolute Gasteiger partial charge is 0.420 e. The van der Waals surface area contributed by atoms with Gasteiger partial charge in [-0.2, -0.15) is 18.2 Å². The molecule has 0 aliphatic rings. The van der Waals surface area contributed by atoms with Crippen LogP contribution in [-0.2, 0) is 10.7 Å². The molecule has 31 heavy (non-hydrogen) atoms. The molecule has 0 fully saturated rings. The number of alkyl halides is 3. The van der Waals surface area contributed by atoms with Gasteiger partial charge in [0.1, 0.15) is 17.9 Å². The number of anilines is 4. The fourth-order valence-electron chi connectivity index (χ4n) is 2.83. The molecule has 1 heterocycles. The lowest BCUT2D eigenvalue weighted by molar-refractivity contribution is -0.138. The van der Waals surface area contributed by atoms with Crippen molar-refractivity contribution in [3.63, 3.8) is 0 Å². The summed E-state index contributed by atoms with van der Waals surface area (Å²) in [5.74, 6) is -0.0546. The number of ether oxygens (including phenoxy) is 1. The van der Waals surface area contributed by atoms with Crippen molar-refractivity contribution in [3.05, 3.63) is 59.2 Å². The van der Waals surface area contributed by atoms with Gasteiger partial charge in [0.05, 0.1) is 24.6 Å². The van der Waals surface area contributed by atoms with Crippen LogP contribution in [0.4, 0.5) is 36.3 Å². The Labute approximate surface area is 182 Å². The van der Waals surface area contributed by atoms with Crippen LogP contribution in [0.25, 0.3) is 0 Å². The number of halogens is 4. The molecular weight excluding hydrogens is 452 g/mol. The van der Waals surface area contributed by atoms with Crippen LogP contribution in [0.2, 0.25) is 5.02 Å². The average Bonchev–Trinajstić information content (AvgIpc) is 2.69. The van der Waals surface area contributed by atoms with Crippen LogP contribution >= 0.6 is 18.7 Å². The Hall–Kier alpha value is -2.77. The van der Waals surface area contributed by atoms with Crippen LogP contribution in [0, 0.1) is 0 Å². The third kappa shape index (κ3) is 5.48. The highest BCUT2D eigenvalue weighted by Crippen LogP contribution is 2.39. The van der Waals surface area contributed by atoms with Crippen molar-refractivity contribution in [2.24, 2.45) is 0 Å². The van der Waals surface area contributed by atoms with E-state index in [2.05, 4.69) is 20.6 Å². The van der Waals surface area contributed by atoms with E-state index in [1.807, 2.05) is 0 Å². The Balaban J connectivity index is 1.92. The summed E-state index contributed by atoms with van der Waals surface area (Å²) in [7, 11) is -1.42. The molecule has 2 aromatic carbocycles. The predicted molar refractivity (Wildman–Crippen MR) is 117 cm³/mol. The summed E-state index contributed by atoms with van der Waals surface area (Å²) in [5.41, 5.74) is -0.248. The standard InChI is InChI=1S/C20H19ClF3N4O2P/c1-30-16-9-8-12(10-13(16)20(22,23)24)26-19-25-11-14(21)18(28-19)27-15-6-4-5-7-17(15)31(2,3)29/h4-11H,1-3H3,(H2,25,26,27,28). The third-order valence-electron chi connectivity index (χ3n) is 4.24. The van der Waals surface area contributed by atoms with Crippen molar-refractivity contribution in [1.29, 1.82) is 0 Å². The maximum Gasteiger partial charge on any atom is 0.420 e. The van der Waals surface area contributed by atoms with Crippen molar-refractivity contribution in [2.75, 3.05) is 31.1 Å². The van der Waals surface area contributed by atoms with Gasteiger partial charge < -0.3 is 19.9 Å². The number of methoxy groups -OCH3 is 1. The number of hydrogen-bond donors (Lipinski definition) is 2.